The van der Waals surface area contributed by atoms with Crippen LogP contribution in [0.5, 0.6) is 0 Å². The minimum Gasteiger partial charge on any atom is -0.333 e. The van der Waals surface area contributed by atoms with Gasteiger partial charge in [-0.15, -0.1) is 0 Å². The lowest BCUT2D eigenvalue weighted by Crippen LogP contribution is -2.30. The molecular formula is C14H24N4. The van der Waals surface area contributed by atoms with Crippen LogP contribution >= 0.6 is 0 Å². The van der Waals surface area contributed by atoms with Gasteiger partial charge in [-0.3, -0.25) is 0 Å². The second-order valence-corrected chi connectivity index (χ2v) is 5.66. The Hall–Kier alpha value is -0.870. The fraction of sp³-hybridized carbons (Fsp3) is 0.786. The van der Waals surface area contributed by atoms with Gasteiger partial charge in [0.15, 0.2) is 0 Å². The Morgan fingerprint density at radius 2 is 2.17 bits per heavy atom. The lowest BCUT2D eigenvalue weighted by molar-refractivity contribution is 0.265. The topological polar surface area (TPSA) is 47.1 Å². The summed E-state index contributed by atoms with van der Waals surface area (Å²) in [6.45, 7) is 5.77. The van der Waals surface area contributed by atoms with Gasteiger partial charge in [-0.25, -0.2) is 4.98 Å². The Bertz CT molecular complexity index is 412. The zero-order valence-corrected chi connectivity index (χ0v) is 11.3. The van der Waals surface area contributed by atoms with Gasteiger partial charge in [0.05, 0.1) is 11.7 Å². The second-order valence-electron chi connectivity index (χ2n) is 5.66. The van der Waals surface area contributed by atoms with Gasteiger partial charge in [-0.05, 0) is 38.8 Å². The summed E-state index contributed by atoms with van der Waals surface area (Å²) in [6, 6.07) is 0.849. The van der Waals surface area contributed by atoms with Crippen molar-refractivity contribution in [2.75, 3.05) is 13.1 Å². The number of rotatable bonds is 3. The van der Waals surface area contributed by atoms with Gasteiger partial charge in [0.2, 0.25) is 0 Å². The molecule has 1 saturated heterocycles. The quantitative estimate of drug-likeness (QED) is 0.885. The largest absolute Gasteiger partial charge is 0.333 e. The second kappa shape index (κ2) is 5.02. The van der Waals surface area contributed by atoms with Crippen molar-refractivity contribution in [1.29, 1.82) is 0 Å². The molecule has 2 atom stereocenters. The normalized spacial score (nSPS) is 28.6. The summed E-state index contributed by atoms with van der Waals surface area (Å²) in [6.07, 6.45) is 8.27. The van der Waals surface area contributed by atoms with Crippen molar-refractivity contribution in [1.82, 2.24) is 14.5 Å². The summed E-state index contributed by atoms with van der Waals surface area (Å²) in [5.74, 6) is 1.11. The first-order valence-corrected chi connectivity index (χ1v) is 7.33. The van der Waals surface area contributed by atoms with Crippen molar-refractivity contribution in [3.63, 3.8) is 0 Å². The third-order valence-electron chi connectivity index (χ3n) is 4.45. The molecule has 1 aromatic heterocycles. The molecule has 0 bridgehead atoms. The van der Waals surface area contributed by atoms with E-state index in [0.717, 1.165) is 31.8 Å². The molecule has 100 valence electrons. The van der Waals surface area contributed by atoms with Crippen molar-refractivity contribution in [2.45, 2.75) is 57.7 Å². The summed E-state index contributed by atoms with van der Waals surface area (Å²) in [7, 11) is 0. The monoisotopic (exact) mass is 248 g/mol. The van der Waals surface area contributed by atoms with E-state index in [4.69, 9.17) is 10.7 Å². The molecule has 2 aliphatic heterocycles. The predicted octanol–water partition coefficient (Wildman–Crippen LogP) is 1.70. The molecule has 0 aromatic carbocycles. The van der Waals surface area contributed by atoms with Gasteiger partial charge in [0, 0.05) is 25.2 Å². The zero-order valence-electron chi connectivity index (χ0n) is 11.3. The molecule has 4 nitrogen and oxygen atoms in total. The van der Waals surface area contributed by atoms with E-state index in [2.05, 4.69) is 22.6 Å². The predicted molar refractivity (Wildman–Crippen MR) is 72.4 cm³/mol. The maximum absolute atomic E-state index is 6.13. The molecule has 3 rings (SSSR count). The van der Waals surface area contributed by atoms with Crippen LogP contribution < -0.4 is 5.73 Å². The summed E-state index contributed by atoms with van der Waals surface area (Å²) in [5, 5.41) is 0. The van der Waals surface area contributed by atoms with Gasteiger partial charge in [-0.2, -0.15) is 0 Å². The van der Waals surface area contributed by atoms with E-state index in [1.807, 2.05) is 0 Å². The van der Waals surface area contributed by atoms with Crippen LogP contribution in [0, 0.1) is 0 Å². The van der Waals surface area contributed by atoms with E-state index in [-0.39, 0.29) is 6.04 Å². The maximum Gasteiger partial charge on any atom is 0.125 e. The zero-order chi connectivity index (χ0) is 12.5. The number of nitrogens with two attached hydrogens (primary N) is 1. The van der Waals surface area contributed by atoms with Crippen molar-refractivity contribution in [3.05, 3.63) is 17.7 Å². The van der Waals surface area contributed by atoms with Crippen LogP contribution in [-0.2, 0) is 13.0 Å². The van der Waals surface area contributed by atoms with Gasteiger partial charge in [-0.1, -0.05) is 6.92 Å². The van der Waals surface area contributed by atoms with Gasteiger partial charge >= 0.3 is 0 Å². The molecule has 2 unspecified atom stereocenters. The molecule has 0 amide bonds. The molecular weight excluding hydrogens is 224 g/mol. The molecule has 18 heavy (non-hydrogen) atoms. The number of aryl methyl sites for hydroxylation is 1. The van der Waals surface area contributed by atoms with E-state index in [1.165, 1.54) is 31.5 Å². The average Bonchev–Trinajstić information content (AvgIpc) is 2.96. The molecule has 1 aromatic rings. The summed E-state index contributed by atoms with van der Waals surface area (Å²) in [5.41, 5.74) is 7.37. The first-order valence-electron chi connectivity index (χ1n) is 7.33. The number of hydrogen-bond donors (Lipinski definition) is 1. The first kappa shape index (κ1) is 12.2. The number of hydrogen-bond acceptors (Lipinski definition) is 3. The number of aromatic nitrogens is 2. The van der Waals surface area contributed by atoms with E-state index in [0.29, 0.717) is 6.04 Å². The third-order valence-corrected chi connectivity index (χ3v) is 4.45. The summed E-state index contributed by atoms with van der Waals surface area (Å²) in [4.78, 5) is 7.36. The standard InChI is InChI=1S/C14H24N4/c1-2-17-7-3-5-12(17)9-11-10-18-8-4-6-13(15)14(18)16-11/h10,12-13H,2-9,15H2,1H3. The molecule has 0 spiro atoms. The lowest BCUT2D eigenvalue weighted by Gasteiger charge is -2.21. The number of likely N-dealkylation sites (N-methyl/N-ethyl adjacent to an activating group) is 1. The van der Waals surface area contributed by atoms with Crippen molar-refractivity contribution >= 4 is 0 Å². The SMILES string of the molecule is CCN1CCCC1Cc1cn2c(n1)C(N)CCC2. The molecule has 0 saturated carbocycles. The van der Waals surface area contributed by atoms with Gasteiger partial charge in [0.25, 0.3) is 0 Å². The highest BCUT2D eigenvalue weighted by Gasteiger charge is 2.25. The summed E-state index contributed by atoms with van der Waals surface area (Å²) >= 11 is 0. The Morgan fingerprint density at radius 3 is 2.94 bits per heavy atom. The molecule has 4 heteroatoms. The van der Waals surface area contributed by atoms with E-state index < -0.39 is 0 Å². The van der Waals surface area contributed by atoms with Crippen molar-refractivity contribution in [3.8, 4) is 0 Å². The van der Waals surface area contributed by atoms with Crippen molar-refractivity contribution in [2.24, 2.45) is 5.73 Å². The number of likely N-dealkylation sites (tertiary alicyclic amines) is 1. The Morgan fingerprint density at radius 1 is 1.33 bits per heavy atom. The first-order chi connectivity index (χ1) is 8.78. The van der Waals surface area contributed by atoms with Crippen LogP contribution in [0.3, 0.4) is 0 Å². The summed E-state index contributed by atoms with van der Waals surface area (Å²) < 4.78 is 2.27. The fourth-order valence-electron chi connectivity index (χ4n) is 3.45. The highest BCUT2D eigenvalue weighted by molar-refractivity contribution is 5.11. The van der Waals surface area contributed by atoms with E-state index in [1.54, 1.807) is 0 Å². The minimum atomic E-state index is 0.151. The van der Waals surface area contributed by atoms with Crippen LogP contribution in [0.15, 0.2) is 6.20 Å². The van der Waals surface area contributed by atoms with Crippen LogP contribution in [0.1, 0.15) is 50.2 Å². The van der Waals surface area contributed by atoms with Gasteiger partial charge in [0.1, 0.15) is 5.82 Å². The highest BCUT2D eigenvalue weighted by Crippen LogP contribution is 2.25. The highest BCUT2D eigenvalue weighted by atomic mass is 15.2. The minimum absolute atomic E-state index is 0.151. The molecule has 1 fully saturated rings. The molecule has 0 radical (unpaired) electrons. The molecule has 2 N–H and O–H groups in total. The number of imidazole rings is 1. The third kappa shape index (κ3) is 2.19. The van der Waals surface area contributed by atoms with Crippen molar-refractivity contribution < 1.29 is 0 Å². The maximum atomic E-state index is 6.13. The molecule has 0 aliphatic carbocycles. The average molecular weight is 248 g/mol. The fourth-order valence-corrected chi connectivity index (χ4v) is 3.45. The van der Waals surface area contributed by atoms with Crippen LogP contribution in [0.25, 0.3) is 0 Å². The Balaban J connectivity index is 1.73. The Kier molecular flexibility index (Phi) is 3.39. The van der Waals surface area contributed by atoms with E-state index in [9.17, 15) is 0 Å². The van der Waals surface area contributed by atoms with Crippen LogP contribution in [0.4, 0.5) is 0 Å². The number of nitrogens with zero attached hydrogens (tertiary/aromatic N) is 3. The van der Waals surface area contributed by atoms with Crippen LogP contribution in [0.2, 0.25) is 0 Å². The Labute approximate surface area is 109 Å². The lowest BCUT2D eigenvalue weighted by atomic mass is 10.1. The van der Waals surface area contributed by atoms with Crippen LogP contribution in [-0.4, -0.2) is 33.6 Å². The molecule has 3 heterocycles. The smallest absolute Gasteiger partial charge is 0.125 e. The van der Waals surface area contributed by atoms with Gasteiger partial charge < -0.3 is 15.2 Å². The number of fused-ring (bicyclic) bond motifs is 1. The molecule has 2 aliphatic rings. The van der Waals surface area contributed by atoms with E-state index >= 15 is 0 Å².